The van der Waals surface area contributed by atoms with Crippen LogP contribution < -0.4 is 19.5 Å². The van der Waals surface area contributed by atoms with Gasteiger partial charge in [0.25, 0.3) is 5.91 Å². The number of methoxy groups -OCH3 is 2. The lowest BCUT2D eigenvalue weighted by Crippen LogP contribution is -2.35. The van der Waals surface area contributed by atoms with Crippen LogP contribution in [0, 0.1) is 6.92 Å². The maximum Gasteiger partial charge on any atom is 0.253 e. The van der Waals surface area contributed by atoms with Gasteiger partial charge in [-0.1, -0.05) is 6.07 Å². The second-order valence-electron chi connectivity index (χ2n) is 7.38. The third-order valence-corrected chi connectivity index (χ3v) is 4.79. The van der Waals surface area contributed by atoms with Crippen molar-refractivity contribution in [2.24, 2.45) is 0 Å². The number of aliphatic hydroxyl groups is 1. The molecule has 31 heavy (non-hydrogen) atoms. The molecule has 0 radical (unpaired) electrons. The molecule has 166 valence electrons. The molecule has 1 amide bonds. The molecule has 1 atom stereocenters. The average molecular weight is 428 g/mol. The molecule has 0 aliphatic rings. The molecule has 0 aliphatic heterocycles. The van der Waals surface area contributed by atoms with Crippen LogP contribution >= 0.6 is 0 Å². The van der Waals surface area contributed by atoms with Crippen LogP contribution in [0.4, 0.5) is 0 Å². The lowest BCUT2D eigenvalue weighted by molar-refractivity contribution is 0.0833. The molecule has 0 fully saturated rings. The second kappa shape index (κ2) is 9.65. The molecule has 3 rings (SSSR count). The fourth-order valence-corrected chi connectivity index (χ4v) is 3.18. The minimum absolute atomic E-state index is 0.0129. The number of nitrogens with one attached hydrogen (secondary N) is 1. The summed E-state index contributed by atoms with van der Waals surface area (Å²) in [5.41, 5.74) is 1.77. The van der Waals surface area contributed by atoms with Gasteiger partial charge in [-0.05, 0) is 39.0 Å². The zero-order valence-corrected chi connectivity index (χ0v) is 18.4. The van der Waals surface area contributed by atoms with Crippen molar-refractivity contribution in [1.29, 1.82) is 0 Å². The Morgan fingerprint density at radius 2 is 1.90 bits per heavy atom. The number of hydrogen-bond donors (Lipinski definition) is 2. The van der Waals surface area contributed by atoms with Crippen molar-refractivity contribution in [2.45, 2.75) is 32.9 Å². The Kier molecular flexibility index (Phi) is 6.96. The van der Waals surface area contributed by atoms with Crippen molar-refractivity contribution < 1.29 is 24.1 Å². The van der Waals surface area contributed by atoms with Gasteiger partial charge in [0.15, 0.2) is 17.1 Å². The van der Waals surface area contributed by atoms with Crippen molar-refractivity contribution in [3.63, 3.8) is 0 Å². The van der Waals surface area contributed by atoms with Gasteiger partial charge in [-0.15, -0.1) is 0 Å². The number of amides is 1. The summed E-state index contributed by atoms with van der Waals surface area (Å²) < 4.78 is 18.0. The van der Waals surface area contributed by atoms with Gasteiger partial charge in [0.05, 0.1) is 31.7 Å². The summed E-state index contributed by atoms with van der Waals surface area (Å²) in [6.45, 7) is 5.79. The van der Waals surface area contributed by atoms with Gasteiger partial charge in [0.1, 0.15) is 12.7 Å². The molecule has 9 nitrogen and oxygen atoms in total. The number of rotatable bonds is 9. The van der Waals surface area contributed by atoms with Crippen LogP contribution in [0.3, 0.4) is 0 Å². The highest BCUT2D eigenvalue weighted by Crippen LogP contribution is 2.36. The van der Waals surface area contributed by atoms with E-state index in [2.05, 4.69) is 15.4 Å². The van der Waals surface area contributed by atoms with Gasteiger partial charge in [-0.3, -0.25) is 4.79 Å². The Morgan fingerprint density at radius 1 is 1.23 bits per heavy atom. The minimum Gasteiger partial charge on any atom is -0.493 e. The van der Waals surface area contributed by atoms with Gasteiger partial charge in [-0.2, -0.15) is 5.10 Å². The maximum atomic E-state index is 12.7. The quantitative estimate of drug-likeness (QED) is 0.539. The van der Waals surface area contributed by atoms with Gasteiger partial charge in [0, 0.05) is 18.0 Å². The zero-order chi connectivity index (χ0) is 22.5. The van der Waals surface area contributed by atoms with Crippen molar-refractivity contribution in [2.75, 3.05) is 27.4 Å². The predicted octanol–water partition coefficient (Wildman–Crippen LogP) is 2.51. The standard InChI is InChI=1S/C22H28N4O5/c1-13(2)26-21-15(10-24-26)9-17(14(3)25-21)22(28)23-11-16(27)12-31-20-18(29-4)7-6-8-19(20)30-5/h6-10,13,16,27H,11-12H2,1-5H3,(H,23,28). The number of ether oxygens (including phenoxy) is 3. The molecule has 1 aromatic carbocycles. The molecular formula is C22H28N4O5. The summed E-state index contributed by atoms with van der Waals surface area (Å²) >= 11 is 0. The number of benzene rings is 1. The first-order valence-corrected chi connectivity index (χ1v) is 10.0. The van der Waals surface area contributed by atoms with Crippen molar-refractivity contribution in [3.05, 3.63) is 41.7 Å². The zero-order valence-electron chi connectivity index (χ0n) is 18.4. The van der Waals surface area contributed by atoms with Crippen LogP contribution in [0.25, 0.3) is 11.0 Å². The van der Waals surface area contributed by atoms with E-state index in [1.54, 1.807) is 37.4 Å². The monoisotopic (exact) mass is 428 g/mol. The summed E-state index contributed by atoms with van der Waals surface area (Å²) in [4.78, 5) is 17.2. The SMILES string of the molecule is COc1cccc(OC)c1OCC(O)CNC(=O)c1cc2cnn(C(C)C)c2nc1C. The summed E-state index contributed by atoms with van der Waals surface area (Å²) in [5.74, 6) is 1.06. The summed E-state index contributed by atoms with van der Waals surface area (Å²) in [6.07, 6.45) is 0.765. The molecule has 0 spiro atoms. The first kappa shape index (κ1) is 22.4. The van der Waals surface area contributed by atoms with Crippen molar-refractivity contribution in [3.8, 4) is 17.2 Å². The van der Waals surface area contributed by atoms with Gasteiger partial charge in [0.2, 0.25) is 5.75 Å². The number of aryl methyl sites for hydroxylation is 1. The summed E-state index contributed by atoms with van der Waals surface area (Å²) in [6, 6.07) is 7.18. The maximum absolute atomic E-state index is 12.7. The van der Waals surface area contributed by atoms with E-state index in [0.29, 0.717) is 28.5 Å². The Morgan fingerprint density at radius 3 is 2.52 bits per heavy atom. The van der Waals surface area contributed by atoms with E-state index < -0.39 is 6.10 Å². The third kappa shape index (κ3) is 4.88. The lowest BCUT2D eigenvalue weighted by atomic mass is 10.1. The number of para-hydroxylation sites is 1. The van der Waals surface area contributed by atoms with Crippen LogP contribution in [0.5, 0.6) is 17.2 Å². The van der Waals surface area contributed by atoms with E-state index in [9.17, 15) is 9.90 Å². The second-order valence-corrected chi connectivity index (χ2v) is 7.38. The predicted molar refractivity (Wildman–Crippen MR) is 116 cm³/mol. The van der Waals surface area contributed by atoms with Crippen LogP contribution in [-0.4, -0.2) is 59.3 Å². The number of nitrogens with zero attached hydrogens (tertiary/aromatic N) is 3. The van der Waals surface area contributed by atoms with Crippen LogP contribution in [0.2, 0.25) is 0 Å². The summed E-state index contributed by atoms with van der Waals surface area (Å²) in [7, 11) is 3.05. The van der Waals surface area contributed by atoms with E-state index in [4.69, 9.17) is 14.2 Å². The molecule has 1 unspecified atom stereocenters. The third-order valence-electron chi connectivity index (χ3n) is 4.79. The average Bonchev–Trinajstić information content (AvgIpc) is 3.17. The molecule has 2 N–H and O–H groups in total. The fourth-order valence-electron chi connectivity index (χ4n) is 3.18. The van der Waals surface area contributed by atoms with E-state index in [-0.39, 0.29) is 25.1 Å². The van der Waals surface area contributed by atoms with Gasteiger partial charge >= 0.3 is 0 Å². The highest BCUT2D eigenvalue weighted by Gasteiger charge is 2.18. The smallest absolute Gasteiger partial charge is 0.253 e. The summed E-state index contributed by atoms with van der Waals surface area (Å²) in [5, 5.41) is 18.1. The molecule has 0 aliphatic carbocycles. The highest BCUT2D eigenvalue weighted by atomic mass is 16.5. The fraction of sp³-hybridized carbons (Fsp3) is 0.409. The van der Waals surface area contributed by atoms with E-state index in [0.717, 1.165) is 11.0 Å². The number of pyridine rings is 1. The Balaban J connectivity index is 1.63. The topological polar surface area (TPSA) is 108 Å². The number of fused-ring (bicyclic) bond motifs is 1. The minimum atomic E-state index is -0.931. The largest absolute Gasteiger partial charge is 0.493 e. The van der Waals surface area contributed by atoms with Crippen molar-refractivity contribution in [1.82, 2.24) is 20.1 Å². The number of carbonyl (C=O) groups is 1. The Labute approximate surface area is 180 Å². The molecule has 9 heteroatoms. The lowest BCUT2D eigenvalue weighted by Gasteiger charge is -2.17. The number of aliphatic hydroxyl groups excluding tert-OH is 1. The molecule has 3 aromatic rings. The molecule has 0 saturated carbocycles. The molecule has 0 bridgehead atoms. The number of hydrogen-bond acceptors (Lipinski definition) is 7. The Hall–Kier alpha value is -3.33. The van der Waals surface area contributed by atoms with Crippen LogP contribution in [0.1, 0.15) is 35.9 Å². The first-order chi connectivity index (χ1) is 14.8. The highest BCUT2D eigenvalue weighted by molar-refractivity contribution is 5.98. The first-order valence-electron chi connectivity index (χ1n) is 10.0. The number of carbonyl (C=O) groups excluding carboxylic acids is 1. The van der Waals surface area contributed by atoms with Gasteiger partial charge in [-0.25, -0.2) is 9.67 Å². The molecule has 0 saturated heterocycles. The van der Waals surface area contributed by atoms with Crippen LogP contribution in [-0.2, 0) is 0 Å². The van der Waals surface area contributed by atoms with Crippen molar-refractivity contribution >= 4 is 16.9 Å². The normalized spacial score (nSPS) is 12.1. The van der Waals surface area contributed by atoms with E-state index >= 15 is 0 Å². The number of aromatic nitrogens is 3. The van der Waals surface area contributed by atoms with Gasteiger partial charge < -0.3 is 24.6 Å². The molecular weight excluding hydrogens is 400 g/mol. The van der Waals surface area contributed by atoms with E-state index in [1.807, 2.05) is 18.5 Å². The van der Waals surface area contributed by atoms with E-state index in [1.165, 1.54) is 14.2 Å². The molecule has 2 heterocycles. The van der Waals surface area contributed by atoms with Crippen LogP contribution in [0.15, 0.2) is 30.5 Å². The Bertz CT molecular complexity index is 1040. The molecule has 2 aromatic heterocycles.